The van der Waals surface area contributed by atoms with E-state index >= 15 is 0 Å². The van der Waals surface area contributed by atoms with Crippen molar-refractivity contribution in [2.75, 3.05) is 0 Å². The summed E-state index contributed by atoms with van der Waals surface area (Å²) < 4.78 is 13.9. The molecule has 0 bridgehead atoms. The molecule has 0 unspecified atom stereocenters. The molecule has 0 amide bonds. The van der Waals surface area contributed by atoms with Crippen molar-refractivity contribution in [3.8, 4) is 5.69 Å². The van der Waals surface area contributed by atoms with Crippen LogP contribution in [0.25, 0.3) is 5.69 Å². The van der Waals surface area contributed by atoms with E-state index in [-0.39, 0.29) is 16.5 Å². The van der Waals surface area contributed by atoms with Crippen molar-refractivity contribution in [3.05, 3.63) is 47.0 Å². The second-order valence-electron chi connectivity index (χ2n) is 3.05. The van der Waals surface area contributed by atoms with Gasteiger partial charge in [0, 0.05) is 0 Å². The minimum absolute atomic E-state index is 0.0387. The number of hydrogen-bond acceptors (Lipinski definition) is 2. The lowest BCUT2D eigenvalue weighted by atomic mass is 10.3. The van der Waals surface area contributed by atoms with Crippen molar-refractivity contribution in [2.24, 2.45) is 0 Å². The van der Waals surface area contributed by atoms with Crippen molar-refractivity contribution in [2.45, 2.75) is 0 Å². The molecule has 4 nitrogen and oxygen atoms in total. The lowest BCUT2D eigenvalue weighted by Gasteiger charge is -1.99. The minimum atomic E-state index is -1.20. The Bertz CT molecular complexity index is 536. The van der Waals surface area contributed by atoms with Crippen LogP contribution in [-0.4, -0.2) is 20.9 Å². The van der Waals surface area contributed by atoms with Crippen LogP contribution < -0.4 is 0 Å². The number of hydrogen-bond donors (Lipinski definition) is 1. The number of aromatic carboxylic acids is 1. The van der Waals surface area contributed by atoms with Crippen molar-refractivity contribution < 1.29 is 14.3 Å². The van der Waals surface area contributed by atoms with E-state index in [2.05, 4.69) is 5.10 Å². The largest absolute Gasteiger partial charge is 0.476 e. The Morgan fingerprint density at radius 2 is 2.00 bits per heavy atom. The van der Waals surface area contributed by atoms with Gasteiger partial charge in [-0.2, -0.15) is 5.10 Å². The summed E-state index contributed by atoms with van der Waals surface area (Å²) in [5, 5.41) is 12.6. The van der Waals surface area contributed by atoms with Gasteiger partial charge in [-0.05, 0) is 24.3 Å². The summed E-state index contributed by atoms with van der Waals surface area (Å²) in [6.07, 6.45) is 1.36. The number of benzene rings is 1. The fourth-order valence-electron chi connectivity index (χ4n) is 1.22. The third-order valence-corrected chi connectivity index (χ3v) is 2.24. The molecule has 0 aliphatic carbocycles. The number of carbonyl (C=O) groups is 1. The van der Waals surface area contributed by atoms with Gasteiger partial charge < -0.3 is 5.11 Å². The highest BCUT2D eigenvalue weighted by molar-refractivity contribution is 6.33. The van der Waals surface area contributed by atoms with Crippen LogP contribution in [0.1, 0.15) is 10.5 Å². The SMILES string of the molecule is O=C(O)c1nn(-c2ccc(F)cc2)cc1Cl. The standard InChI is InChI=1S/C10H6ClFN2O2/c11-8-5-14(13-9(8)10(15)16)7-3-1-6(12)2-4-7/h1-5H,(H,15,16). The van der Waals surface area contributed by atoms with Gasteiger partial charge in [0.15, 0.2) is 5.69 Å². The Morgan fingerprint density at radius 3 is 2.50 bits per heavy atom. The summed E-state index contributed by atoms with van der Waals surface area (Å²) in [5.41, 5.74) is 0.307. The number of rotatable bonds is 2. The van der Waals surface area contributed by atoms with Gasteiger partial charge in [0.1, 0.15) is 5.82 Å². The maximum absolute atomic E-state index is 12.7. The summed E-state index contributed by atoms with van der Waals surface area (Å²) in [6.45, 7) is 0. The second-order valence-corrected chi connectivity index (χ2v) is 3.46. The summed E-state index contributed by atoms with van der Waals surface area (Å²) in [5.74, 6) is -1.58. The number of carboxylic acid groups (broad SMARTS) is 1. The Morgan fingerprint density at radius 1 is 1.38 bits per heavy atom. The van der Waals surface area contributed by atoms with Gasteiger partial charge in [0.25, 0.3) is 0 Å². The zero-order chi connectivity index (χ0) is 11.7. The molecule has 0 spiro atoms. The van der Waals surface area contributed by atoms with Gasteiger partial charge in [0.05, 0.1) is 16.9 Å². The first-order chi connectivity index (χ1) is 7.58. The second kappa shape index (κ2) is 3.94. The fraction of sp³-hybridized carbons (Fsp3) is 0. The number of nitrogens with zero attached hydrogens (tertiary/aromatic N) is 2. The molecule has 0 radical (unpaired) electrons. The van der Waals surface area contributed by atoms with E-state index in [0.29, 0.717) is 5.69 Å². The zero-order valence-corrected chi connectivity index (χ0v) is 8.65. The summed E-state index contributed by atoms with van der Waals surface area (Å²) in [7, 11) is 0. The van der Waals surface area contributed by atoms with E-state index in [0.717, 1.165) is 0 Å². The topological polar surface area (TPSA) is 55.1 Å². The van der Waals surface area contributed by atoms with Crippen LogP contribution in [0.4, 0.5) is 4.39 Å². The molecule has 0 aliphatic heterocycles. The van der Waals surface area contributed by atoms with Crippen molar-refractivity contribution in [3.63, 3.8) is 0 Å². The van der Waals surface area contributed by atoms with Gasteiger partial charge in [-0.15, -0.1) is 0 Å². The third-order valence-electron chi connectivity index (χ3n) is 1.96. The van der Waals surface area contributed by atoms with Crippen LogP contribution >= 0.6 is 11.6 Å². The monoisotopic (exact) mass is 240 g/mol. The van der Waals surface area contributed by atoms with E-state index < -0.39 is 5.97 Å². The predicted octanol–water partition coefficient (Wildman–Crippen LogP) is 2.36. The van der Waals surface area contributed by atoms with E-state index in [1.807, 2.05) is 0 Å². The molecule has 2 rings (SSSR count). The Balaban J connectivity index is 2.45. The molecule has 0 fully saturated rings. The molecule has 6 heteroatoms. The van der Waals surface area contributed by atoms with E-state index in [9.17, 15) is 9.18 Å². The van der Waals surface area contributed by atoms with Crippen molar-refractivity contribution in [1.29, 1.82) is 0 Å². The molecule has 1 heterocycles. The molecule has 1 aromatic heterocycles. The van der Waals surface area contributed by atoms with E-state index in [1.165, 1.54) is 35.1 Å². The Labute approximate surface area is 94.9 Å². The number of halogens is 2. The van der Waals surface area contributed by atoms with E-state index in [1.54, 1.807) is 0 Å². The predicted molar refractivity (Wildman–Crippen MR) is 55.5 cm³/mol. The molecule has 2 aromatic rings. The Kier molecular flexibility index (Phi) is 2.62. The van der Waals surface area contributed by atoms with Gasteiger partial charge in [-0.25, -0.2) is 13.9 Å². The van der Waals surface area contributed by atoms with Crippen molar-refractivity contribution >= 4 is 17.6 Å². The van der Waals surface area contributed by atoms with Crippen molar-refractivity contribution in [1.82, 2.24) is 9.78 Å². The number of aromatic nitrogens is 2. The molecule has 0 atom stereocenters. The first kappa shape index (κ1) is 10.6. The smallest absolute Gasteiger partial charge is 0.357 e. The van der Waals surface area contributed by atoms with Crippen LogP contribution in [0.5, 0.6) is 0 Å². The minimum Gasteiger partial charge on any atom is -0.476 e. The maximum Gasteiger partial charge on any atom is 0.357 e. The van der Waals surface area contributed by atoms with Gasteiger partial charge in [-0.3, -0.25) is 0 Å². The molecule has 0 aliphatic rings. The average Bonchev–Trinajstić information content (AvgIpc) is 2.61. The molecular weight excluding hydrogens is 235 g/mol. The molecule has 1 aromatic carbocycles. The van der Waals surface area contributed by atoms with Gasteiger partial charge >= 0.3 is 5.97 Å². The third kappa shape index (κ3) is 1.90. The fourth-order valence-corrected chi connectivity index (χ4v) is 1.43. The Hall–Kier alpha value is -1.88. The summed E-state index contributed by atoms with van der Waals surface area (Å²) in [6, 6.07) is 5.46. The summed E-state index contributed by atoms with van der Waals surface area (Å²) in [4.78, 5) is 10.7. The average molecular weight is 241 g/mol. The quantitative estimate of drug-likeness (QED) is 0.877. The lowest BCUT2D eigenvalue weighted by Crippen LogP contribution is -2.01. The molecule has 16 heavy (non-hydrogen) atoms. The highest BCUT2D eigenvalue weighted by Crippen LogP contribution is 2.17. The van der Waals surface area contributed by atoms with Crippen LogP contribution in [0.15, 0.2) is 30.5 Å². The maximum atomic E-state index is 12.7. The van der Waals surface area contributed by atoms with Crippen LogP contribution in [0, 0.1) is 5.82 Å². The number of carboxylic acids is 1. The normalized spacial score (nSPS) is 10.4. The van der Waals surface area contributed by atoms with Gasteiger partial charge in [-0.1, -0.05) is 11.6 Å². The van der Waals surface area contributed by atoms with Gasteiger partial charge in [0.2, 0.25) is 0 Å². The molecule has 0 saturated carbocycles. The highest BCUT2D eigenvalue weighted by Gasteiger charge is 2.14. The molecule has 82 valence electrons. The van der Waals surface area contributed by atoms with Crippen LogP contribution in [0.3, 0.4) is 0 Å². The van der Waals surface area contributed by atoms with Crippen LogP contribution in [0.2, 0.25) is 5.02 Å². The molecule has 0 saturated heterocycles. The first-order valence-electron chi connectivity index (χ1n) is 4.32. The van der Waals surface area contributed by atoms with E-state index in [4.69, 9.17) is 16.7 Å². The molecular formula is C10H6ClFN2O2. The first-order valence-corrected chi connectivity index (χ1v) is 4.70. The summed E-state index contributed by atoms with van der Waals surface area (Å²) >= 11 is 5.68. The highest BCUT2D eigenvalue weighted by atomic mass is 35.5. The lowest BCUT2D eigenvalue weighted by molar-refractivity contribution is 0.0690. The van der Waals surface area contributed by atoms with Crippen LogP contribution in [-0.2, 0) is 0 Å². The zero-order valence-electron chi connectivity index (χ0n) is 7.89. The molecule has 1 N–H and O–H groups in total.